The van der Waals surface area contributed by atoms with E-state index in [9.17, 15) is 9.18 Å². The monoisotopic (exact) mass is 391 g/mol. The molecule has 0 atom stereocenters. The van der Waals surface area contributed by atoms with E-state index >= 15 is 0 Å². The quantitative estimate of drug-likeness (QED) is 0.454. The summed E-state index contributed by atoms with van der Waals surface area (Å²) < 4.78 is 14.2. The molecule has 2 N–H and O–H groups in total. The Kier molecular flexibility index (Phi) is 5.03. The second-order valence-electron chi connectivity index (χ2n) is 4.12. The summed E-state index contributed by atoms with van der Waals surface area (Å²) in [5.74, 6) is -1.03. The Labute approximate surface area is 138 Å². The van der Waals surface area contributed by atoms with Crippen LogP contribution in [0.1, 0.15) is 23.0 Å². The number of hydrogen-bond donors (Lipinski definition) is 2. The van der Waals surface area contributed by atoms with Crippen molar-refractivity contribution in [3.05, 3.63) is 56.0 Å². The number of hydrazone groups is 1. The van der Waals surface area contributed by atoms with Crippen molar-refractivity contribution in [3.63, 3.8) is 0 Å². The Morgan fingerprint density at radius 2 is 2.05 bits per heavy atom. The Hall–Kier alpha value is -1.37. The summed E-state index contributed by atoms with van der Waals surface area (Å²) in [6.07, 6.45) is 1.62. The first-order chi connectivity index (χ1) is 9.88. The van der Waals surface area contributed by atoms with Crippen molar-refractivity contribution in [2.75, 3.05) is 0 Å². The zero-order valence-corrected chi connectivity index (χ0v) is 13.8. The van der Waals surface area contributed by atoms with Crippen molar-refractivity contribution in [3.8, 4) is 0 Å². The van der Waals surface area contributed by atoms with Crippen LogP contribution in [0, 0.1) is 5.82 Å². The van der Waals surface area contributed by atoms with Crippen LogP contribution in [0.5, 0.6) is 0 Å². The van der Waals surface area contributed by atoms with Gasteiger partial charge >= 0.3 is 0 Å². The Balaban J connectivity index is 2.18. The van der Waals surface area contributed by atoms with Gasteiger partial charge in [0.25, 0.3) is 5.91 Å². The molecule has 110 valence electrons. The number of carbonyl (C=O) groups excluding carboxylic acids is 1. The first-order valence-corrected chi connectivity index (χ1v) is 7.27. The lowest BCUT2D eigenvalue weighted by atomic mass is 10.1. The molecule has 0 unspecified atom stereocenters. The van der Waals surface area contributed by atoms with Gasteiger partial charge in [0.1, 0.15) is 11.5 Å². The molecule has 0 bridgehead atoms. The standard InChI is InChI=1S/C13H9BrCl2FN3O/c1-6(8-3-11(17)10(16)4-9(8)15)19-20-13(21)12-2-7(14)5-18-12/h2-5,18H,1H3,(H,20,21)/b19-6+. The molecule has 8 heteroatoms. The Morgan fingerprint density at radius 3 is 2.67 bits per heavy atom. The van der Waals surface area contributed by atoms with Crippen LogP contribution in [0.25, 0.3) is 0 Å². The highest BCUT2D eigenvalue weighted by Crippen LogP contribution is 2.24. The molecule has 1 amide bonds. The molecule has 0 saturated carbocycles. The van der Waals surface area contributed by atoms with E-state index in [0.29, 0.717) is 17.0 Å². The number of aromatic amines is 1. The van der Waals surface area contributed by atoms with Crippen LogP contribution >= 0.6 is 39.1 Å². The topological polar surface area (TPSA) is 57.2 Å². The number of amides is 1. The largest absolute Gasteiger partial charge is 0.356 e. The van der Waals surface area contributed by atoms with Crippen molar-refractivity contribution < 1.29 is 9.18 Å². The van der Waals surface area contributed by atoms with Gasteiger partial charge in [-0.2, -0.15) is 5.10 Å². The molecule has 0 radical (unpaired) electrons. The van der Waals surface area contributed by atoms with Gasteiger partial charge in [0.2, 0.25) is 0 Å². The molecular weight excluding hydrogens is 384 g/mol. The van der Waals surface area contributed by atoms with E-state index in [-0.39, 0.29) is 10.0 Å². The number of aromatic nitrogens is 1. The third-order valence-corrected chi connectivity index (χ3v) is 3.68. The molecule has 4 nitrogen and oxygen atoms in total. The molecule has 0 aliphatic carbocycles. The summed E-state index contributed by atoms with van der Waals surface area (Å²) in [7, 11) is 0. The van der Waals surface area contributed by atoms with Crippen molar-refractivity contribution >= 4 is 50.8 Å². The van der Waals surface area contributed by atoms with Crippen LogP contribution in [0.2, 0.25) is 10.0 Å². The number of halogens is 4. The molecule has 21 heavy (non-hydrogen) atoms. The number of nitrogens with zero attached hydrogens (tertiary/aromatic N) is 1. The summed E-state index contributed by atoms with van der Waals surface area (Å²) >= 11 is 14.8. The molecule has 0 aliphatic heterocycles. The zero-order chi connectivity index (χ0) is 15.6. The van der Waals surface area contributed by atoms with Gasteiger partial charge in [0, 0.05) is 16.2 Å². The number of rotatable bonds is 3. The normalized spacial score (nSPS) is 11.6. The molecule has 2 rings (SSSR count). The average molecular weight is 393 g/mol. The third kappa shape index (κ3) is 3.84. The van der Waals surface area contributed by atoms with Crippen molar-refractivity contribution in [2.24, 2.45) is 5.10 Å². The Bertz CT molecular complexity index is 730. The molecule has 1 aromatic heterocycles. The van der Waals surface area contributed by atoms with Crippen LogP contribution < -0.4 is 5.43 Å². The van der Waals surface area contributed by atoms with E-state index in [1.54, 1.807) is 19.2 Å². The number of hydrogen-bond acceptors (Lipinski definition) is 2. The third-order valence-electron chi connectivity index (χ3n) is 2.62. The van der Waals surface area contributed by atoms with Crippen molar-refractivity contribution in [1.82, 2.24) is 10.4 Å². The number of nitrogens with one attached hydrogen (secondary N) is 2. The van der Waals surface area contributed by atoms with Gasteiger partial charge in [0.15, 0.2) is 0 Å². The molecule has 1 heterocycles. The summed E-state index contributed by atoms with van der Waals surface area (Å²) in [6, 6.07) is 4.06. The highest BCUT2D eigenvalue weighted by molar-refractivity contribution is 9.10. The van der Waals surface area contributed by atoms with Gasteiger partial charge in [-0.1, -0.05) is 23.2 Å². The predicted molar refractivity (Wildman–Crippen MR) is 84.6 cm³/mol. The SMILES string of the molecule is C/C(=N\NC(=O)c1cc(Br)c[nH]1)c1cc(F)c(Cl)cc1Cl. The molecule has 2 aromatic rings. The second-order valence-corrected chi connectivity index (χ2v) is 5.85. The van der Waals surface area contributed by atoms with Crippen LogP contribution in [-0.2, 0) is 0 Å². The summed E-state index contributed by atoms with van der Waals surface area (Å²) in [5, 5.41) is 4.08. The van der Waals surface area contributed by atoms with E-state index < -0.39 is 11.7 Å². The lowest BCUT2D eigenvalue weighted by molar-refractivity contribution is 0.0950. The van der Waals surface area contributed by atoms with Crippen LogP contribution in [0.15, 0.2) is 34.0 Å². The van der Waals surface area contributed by atoms with E-state index in [1.807, 2.05) is 0 Å². The van der Waals surface area contributed by atoms with Crippen LogP contribution in [-0.4, -0.2) is 16.6 Å². The van der Waals surface area contributed by atoms with E-state index in [1.165, 1.54) is 12.1 Å². The Morgan fingerprint density at radius 1 is 1.33 bits per heavy atom. The second kappa shape index (κ2) is 6.60. The molecule has 0 saturated heterocycles. The fraction of sp³-hybridized carbons (Fsp3) is 0.0769. The van der Waals surface area contributed by atoms with E-state index in [4.69, 9.17) is 23.2 Å². The first-order valence-electron chi connectivity index (χ1n) is 5.72. The first kappa shape index (κ1) is 16.0. The van der Waals surface area contributed by atoms with Crippen LogP contribution in [0.4, 0.5) is 4.39 Å². The fourth-order valence-electron chi connectivity index (χ4n) is 1.55. The molecule has 0 aliphatic rings. The maximum Gasteiger partial charge on any atom is 0.287 e. The zero-order valence-electron chi connectivity index (χ0n) is 10.7. The minimum atomic E-state index is -0.606. The number of carbonyl (C=O) groups is 1. The highest BCUT2D eigenvalue weighted by atomic mass is 79.9. The van der Waals surface area contributed by atoms with Crippen molar-refractivity contribution in [2.45, 2.75) is 6.92 Å². The molecule has 1 aromatic carbocycles. The van der Waals surface area contributed by atoms with Crippen LogP contribution in [0.3, 0.4) is 0 Å². The maximum atomic E-state index is 13.4. The van der Waals surface area contributed by atoms with Gasteiger partial charge in [-0.15, -0.1) is 0 Å². The molecule has 0 spiro atoms. The van der Waals surface area contributed by atoms with E-state index in [2.05, 4.69) is 31.4 Å². The molecule has 0 fully saturated rings. The summed E-state index contributed by atoms with van der Waals surface area (Å²) in [5.41, 5.74) is 3.40. The van der Waals surface area contributed by atoms with Gasteiger partial charge < -0.3 is 4.98 Å². The van der Waals surface area contributed by atoms with Gasteiger partial charge in [-0.05, 0) is 41.1 Å². The average Bonchev–Trinajstić information content (AvgIpc) is 2.86. The van der Waals surface area contributed by atoms with E-state index in [0.717, 1.165) is 4.47 Å². The molecular formula is C13H9BrCl2FN3O. The highest BCUT2D eigenvalue weighted by Gasteiger charge is 2.11. The van der Waals surface area contributed by atoms with Crippen molar-refractivity contribution in [1.29, 1.82) is 0 Å². The number of H-pyrrole nitrogens is 1. The minimum absolute atomic E-state index is 0.0724. The van der Waals surface area contributed by atoms with Gasteiger partial charge in [0.05, 0.1) is 15.8 Å². The summed E-state index contributed by atoms with van der Waals surface area (Å²) in [4.78, 5) is 14.6. The maximum absolute atomic E-state index is 13.4. The predicted octanol–water partition coefficient (Wildman–Crippen LogP) is 4.38. The fourth-order valence-corrected chi connectivity index (χ4v) is 2.42. The minimum Gasteiger partial charge on any atom is -0.356 e. The smallest absolute Gasteiger partial charge is 0.287 e. The summed E-state index contributed by atoms with van der Waals surface area (Å²) in [6.45, 7) is 1.60. The number of benzene rings is 1. The van der Waals surface area contributed by atoms with Gasteiger partial charge in [-0.25, -0.2) is 9.82 Å². The lowest BCUT2D eigenvalue weighted by Gasteiger charge is -2.06. The lowest BCUT2D eigenvalue weighted by Crippen LogP contribution is -2.19. The van der Waals surface area contributed by atoms with Gasteiger partial charge in [-0.3, -0.25) is 4.79 Å².